The number of carbonyl (C=O) groups is 1. The van der Waals surface area contributed by atoms with Crippen molar-refractivity contribution in [3.8, 4) is 23.1 Å². The van der Waals surface area contributed by atoms with Crippen LogP contribution in [0.15, 0.2) is 42.5 Å². The Balaban J connectivity index is 1.85. The zero-order chi connectivity index (χ0) is 24.6. The van der Waals surface area contributed by atoms with Gasteiger partial charge in [-0.2, -0.15) is 5.26 Å². The predicted octanol–water partition coefficient (Wildman–Crippen LogP) is 3.65. The topological polar surface area (TPSA) is 108 Å². The Morgan fingerprint density at radius 1 is 1.26 bits per heavy atom. The van der Waals surface area contributed by atoms with Gasteiger partial charge in [-0.3, -0.25) is 9.36 Å². The van der Waals surface area contributed by atoms with Crippen molar-refractivity contribution in [1.82, 2.24) is 14.5 Å². The maximum Gasteiger partial charge on any atom is 0.274 e. The molecule has 8 heteroatoms. The molecule has 4 rings (SSSR count). The van der Waals surface area contributed by atoms with E-state index in [0.717, 1.165) is 18.4 Å². The van der Waals surface area contributed by atoms with Crippen LogP contribution in [0.1, 0.15) is 54.0 Å². The van der Waals surface area contributed by atoms with E-state index in [0.29, 0.717) is 35.9 Å². The molecule has 2 aromatic carbocycles. The van der Waals surface area contributed by atoms with E-state index in [1.54, 1.807) is 36.3 Å². The second-order valence-corrected chi connectivity index (χ2v) is 9.27. The number of amides is 1. The summed E-state index contributed by atoms with van der Waals surface area (Å²) in [6, 6.07) is 13.3. The highest BCUT2D eigenvalue weighted by Crippen LogP contribution is 2.30. The second-order valence-electron chi connectivity index (χ2n) is 9.27. The molecule has 0 aliphatic carbocycles. The Morgan fingerprint density at radius 3 is 2.56 bits per heavy atom. The molecule has 34 heavy (non-hydrogen) atoms. The van der Waals surface area contributed by atoms with Crippen LogP contribution in [-0.4, -0.2) is 44.6 Å². The van der Waals surface area contributed by atoms with E-state index in [9.17, 15) is 14.3 Å². The number of likely N-dealkylation sites (tertiary alicyclic amines) is 1. The number of nitriles is 1. The van der Waals surface area contributed by atoms with Crippen LogP contribution in [0.5, 0.6) is 0 Å². The number of halogens is 1. The summed E-state index contributed by atoms with van der Waals surface area (Å²) < 4.78 is 16.3. The van der Waals surface area contributed by atoms with E-state index in [2.05, 4.69) is 4.98 Å². The Morgan fingerprint density at radius 2 is 1.97 bits per heavy atom. The number of nitrogens with two attached hydrogens (primary N) is 1. The third-order valence-electron chi connectivity index (χ3n) is 6.23. The Hall–Kier alpha value is -3.54. The molecule has 1 amide bonds. The first-order valence-electron chi connectivity index (χ1n) is 11.3. The van der Waals surface area contributed by atoms with Gasteiger partial charge in [-0.25, -0.2) is 9.37 Å². The summed E-state index contributed by atoms with van der Waals surface area (Å²) >= 11 is 0. The number of aromatic nitrogens is 2. The molecular formula is C26H28FN5O2. The average molecular weight is 462 g/mol. The van der Waals surface area contributed by atoms with Gasteiger partial charge in [0, 0.05) is 30.4 Å². The number of nitrogens with zero attached hydrogens (tertiary/aromatic N) is 4. The molecule has 1 atom stereocenters. The first-order valence-corrected chi connectivity index (χ1v) is 11.3. The molecule has 1 aliphatic heterocycles. The van der Waals surface area contributed by atoms with E-state index in [4.69, 9.17) is 11.0 Å². The fourth-order valence-electron chi connectivity index (χ4n) is 4.32. The van der Waals surface area contributed by atoms with Crippen LogP contribution in [0, 0.1) is 24.1 Å². The molecule has 3 aromatic rings. The highest BCUT2D eigenvalue weighted by Gasteiger charge is 2.28. The molecular weight excluding hydrogens is 433 g/mol. The van der Waals surface area contributed by atoms with E-state index >= 15 is 0 Å². The molecule has 0 saturated carbocycles. The first kappa shape index (κ1) is 23.6. The van der Waals surface area contributed by atoms with Crippen molar-refractivity contribution in [3.05, 3.63) is 70.8 Å². The molecule has 0 radical (unpaired) electrons. The molecule has 0 bridgehead atoms. The summed E-state index contributed by atoms with van der Waals surface area (Å²) in [5.41, 5.74) is 7.80. The van der Waals surface area contributed by atoms with Gasteiger partial charge in [0.15, 0.2) is 0 Å². The first-order chi connectivity index (χ1) is 16.1. The molecule has 1 aliphatic rings. The summed E-state index contributed by atoms with van der Waals surface area (Å²) in [5.74, 6) is -0.476. The van der Waals surface area contributed by atoms with Crippen molar-refractivity contribution in [2.45, 2.75) is 45.3 Å². The van der Waals surface area contributed by atoms with Crippen LogP contribution in [0.2, 0.25) is 0 Å². The van der Waals surface area contributed by atoms with Gasteiger partial charge in [-0.1, -0.05) is 12.1 Å². The fraction of sp³-hybridized carbons (Fsp3) is 0.346. The van der Waals surface area contributed by atoms with Crippen molar-refractivity contribution in [1.29, 1.82) is 5.26 Å². The molecule has 1 fully saturated rings. The Kier molecular flexibility index (Phi) is 6.26. The lowest BCUT2D eigenvalue weighted by Crippen LogP contribution is -2.46. The van der Waals surface area contributed by atoms with Crippen LogP contribution < -0.4 is 5.73 Å². The SMILES string of the molecule is Cc1c(C(=O)N2CCC[C@@H](N)C2)nc(-c2ccc(C#N)c(F)c2)n1-c1ccc(C(C)(C)O)cc1. The molecule has 1 aromatic heterocycles. The van der Waals surface area contributed by atoms with Crippen LogP contribution >= 0.6 is 0 Å². The van der Waals surface area contributed by atoms with Crippen LogP contribution in [-0.2, 0) is 5.60 Å². The quantitative estimate of drug-likeness (QED) is 0.617. The zero-order valence-corrected chi connectivity index (χ0v) is 19.5. The van der Waals surface area contributed by atoms with Gasteiger partial charge in [0.05, 0.1) is 16.9 Å². The summed E-state index contributed by atoms with van der Waals surface area (Å²) in [7, 11) is 0. The highest BCUT2D eigenvalue weighted by molar-refractivity contribution is 5.94. The summed E-state index contributed by atoms with van der Waals surface area (Å²) in [5, 5.41) is 19.4. The van der Waals surface area contributed by atoms with E-state index in [1.807, 2.05) is 30.3 Å². The van der Waals surface area contributed by atoms with Gasteiger partial charge in [0.25, 0.3) is 5.91 Å². The monoisotopic (exact) mass is 461 g/mol. The number of aliphatic hydroxyl groups is 1. The minimum Gasteiger partial charge on any atom is -0.386 e. The number of hydrogen-bond acceptors (Lipinski definition) is 5. The maximum atomic E-state index is 14.5. The standard InChI is InChI=1S/C26H28FN5O2/c1-16-23(25(33)31-12-4-5-20(29)15-31)30-24(17-6-7-18(14-28)22(27)13-17)32(16)21-10-8-19(9-11-21)26(2,3)34/h6-11,13,20,34H,4-5,12,15,29H2,1-3H3/t20-/m1/s1. The van der Waals surface area contributed by atoms with Crippen molar-refractivity contribution in [3.63, 3.8) is 0 Å². The maximum absolute atomic E-state index is 14.5. The fourth-order valence-corrected chi connectivity index (χ4v) is 4.32. The predicted molar refractivity (Wildman–Crippen MR) is 127 cm³/mol. The third-order valence-corrected chi connectivity index (χ3v) is 6.23. The van der Waals surface area contributed by atoms with Gasteiger partial charge in [0.1, 0.15) is 23.4 Å². The average Bonchev–Trinajstić information content (AvgIpc) is 3.15. The van der Waals surface area contributed by atoms with Crippen molar-refractivity contribution in [2.24, 2.45) is 5.73 Å². The molecule has 3 N–H and O–H groups in total. The number of imidazole rings is 1. The number of carbonyl (C=O) groups excluding carboxylic acids is 1. The van der Waals surface area contributed by atoms with E-state index in [-0.39, 0.29) is 23.2 Å². The van der Waals surface area contributed by atoms with Crippen LogP contribution in [0.25, 0.3) is 17.1 Å². The van der Waals surface area contributed by atoms with Crippen molar-refractivity contribution in [2.75, 3.05) is 13.1 Å². The summed E-state index contributed by atoms with van der Waals surface area (Å²) in [6.45, 7) is 6.29. The van der Waals surface area contributed by atoms with Gasteiger partial charge in [0.2, 0.25) is 0 Å². The van der Waals surface area contributed by atoms with Gasteiger partial charge < -0.3 is 15.7 Å². The normalized spacial score (nSPS) is 16.4. The number of benzene rings is 2. The van der Waals surface area contributed by atoms with Gasteiger partial charge in [-0.05, 0) is 69.5 Å². The van der Waals surface area contributed by atoms with E-state index in [1.165, 1.54) is 12.1 Å². The number of piperidine rings is 1. The molecule has 176 valence electrons. The van der Waals surface area contributed by atoms with Crippen LogP contribution in [0.4, 0.5) is 4.39 Å². The Labute approximate surface area is 198 Å². The summed E-state index contributed by atoms with van der Waals surface area (Å²) in [4.78, 5) is 19.8. The smallest absolute Gasteiger partial charge is 0.274 e. The lowest BCUT2D eigenvalue weighted by molar-refractivity contribution is 0.0702. The van der Waals surface area contributed by atoms with E-state index < -0.39 is 11.4 Å². The number of hydrogen-bond donors (Lipinski definition) is 2. The molecule has 1 saturated heterocycles. The van der Waals surface area contributed by atoms with Crippen molar-refractivity contribution >= 4 is 5.91 Å². The highest BCUT2D eigenvalue weighted by atomic mass is 19.1. The van der Waals surface area contributed by atoms with Gasteiger partial charge in [-0.15, -0.1) is 0 Å². The largest absolute Gasteiger partial charge is 0.386 e. The van der Waals surface area contributed by atoms with Crippen LogP contribution in [0.3, 0.4) is 0 Å². The Bertz CT molecular complexity index is 1270. The minimum atomic E-state index is -1.00. The number of rotatable bonds is 4. The lowest BCUT2D eigenvalue weighted by atomic mass is 9.98. The second kappa shape index (κ2) is 9.01. The third kappa shape index (κ3) is 4.45. The minimum absolute atomic E-state index is 0.0632. The van der Waals surface area contributed by atoms with Gasteiger partial charge >= 0.3 is 0 Å². The zero-order valence-electron chi connectivity index (χ0n) is 19.5. The molecule has 0 unspecified atom stereocenters. The van der Waals surface area contributed by atoms with Crippen molar-refractivity contribution < 1.29 is 14.3 Å². The molecule has 0 spiro atoms. The molecule has 2 heterocycles. The summed E-state index contributed by atoms with van der Waals surface area (Å²) in [6.07, 6.45) is 1.71. The molecule has 7 nitrogen and oxygen atoms in total. The lowest BCUT2D eigenvalue weighted by Gasteiger charge is -2.30.